The molecule has 2 aromatic carbocycles. The lowest BCUT2D eigenvalue weighted by Crippen LogP contribution is -2.50. The Morgan fingerprint density at radius 3 is 2.81 bits per heavy atom. The van der Waals surface area contributed by atoms with Crippen molar-refractivity contribution >= 4 is 16.9 Å². The second-order valence-corrected chi connectivity index (χ2v) is 7.86. The smallest absolute Gasteiger partial charge is 0.352 e. The molecule has 6 heteroatoms. The van der Waals surface area contributed by atoms with Gasteiger partial charge in [-0.3, -0.25) is 9.88 Å². The molecule has 1 atom stereocenters. The lowest BCUT2D eigenvalue weighted by atomic mass is 9.98. The molecular formula is C25H29N3O3. The number of hydrogen-bond acceptors (Lipinski definition) is 4. The van der Waals surface area contributed by atoms with Crippen LogP contribution in [-0.4, -0.2) is 35.3 Å². The third kappa shape index (κ3) is 4.80. The first kappa shape index (κ1) is 21.1. The molecule has 1 unspecified atom stereocenters. The lowest BCUT2D eigenvalue weighted by molar-refractivity contribution is -0.0609. The highest BCUT2D eigenvalue weighted by atomic mass is 16.7. The van der Waals surface area contributed by atoms with Gasteiger partial charge in [0.05, 0.1) is 5.52 Å². The minimum Gasteiger partial charge on any atom is -0.378 e. The van der Waals surface area contributed by atoms with Gasteiger partial charge in [0.2, 0.25) is 0 Å². The van der Waals surface area contributed by atoms with E-state index in [1.54, 1.807) is 4.90 Å². The average molecular weight is 420 g/mol. The van der Waals surface area contributed by atoms with E-state index in [-0.39, 0.29) is 12.3 Å². The third-order valence-electron chi connectivity index (χ3n) is 5.67. The summed E-state index contributed by atoms with van der Waals surface area (Å²) in [7, 11) is 0. The molecule has 0 bridgehead atoms. The normalized spacial score (nSPS) is 16.3. The van der Waals surface area contributed by atoms with E-state index in [2.05, 4.69) is 42.5 Å². The van der Waals surface area contributed by atoms with Crippen LogP contribution in [0.1, 0.15) is 38.2 Å². The quantitative estimate of drug-likeness (QED) is 0.540. The van der Waals surface area contributed by atoms with Gasteiger partial charge >= 0.3 is 6.03 Å². The molecule has 162 valence electrons. The Labute approximate surface area is 183 Å². The second-order valence-electron chi connectivity index (χ2n) is 7.86. The van der Waals surface area contributed by atoms with E-state index in [1.165, 1.54) is 0 Å². The summed E-state index contributed by atoms with van der Waals surface area (Å²) < 4.78 is 5.83. The first-order chi connectivity index (χ1) is 15.2. The molecule has 2 heterocycles. The zero-order chi connectivity index (χ0) is 21.6. The van der Waals surface area contributed by atoms with Crippen LogP contribution in [0.15, 0.2) is 54.7 Å². The van der Waals surface area contributed by atoms with Crippen molar-refractivity contribution in [3.05, 3.63) is 60.3 Å². The van der Waals surface area contributed by atoms with E-state index in [0.29, 0.717) is 18.9 Å². The number of amides is 2. The van der Waals surface area contributed by atoms with Crippen molar-refractivity contribution in [3.8, 4) is 16.9 Å². The summed E-state index contributed by atoms with van der Waals surface area (Å²) in [5, 5.41) is 1.13. The van der Waals surface area contributed by atoms with Crippen molar-refractivity contribution in [1.29, 1.82) is 0 Å². The highest BCUT2D eigenvalue weighted by molar-refractivity contribution is 5.88. The molecule has 0 radical (unpaired) electrons. The van der Waals surface area contributed by atoms with Crippen LogP contribution in [0.4, 0.5) is 4.79 Å². The topological polar surface area (TPSA) is 63.7 Å². The van der Waals surface area contributed by atoms with Crippen molar-refractivity contribution in [1.82, 2.24) is 15.4 Å². The fourth-order valence-electron chi connectivity index (χ4n) is 4.03. The minimum absolute atomic E-state index is 0.177. The van der Waals surface area contributed by atoms with Gasteiger partial charge in [-0.1, -0.05) is 37.3 Å². The molecule has 1 saturated heterocycles. The number of aryl methyl sites for hydroxylation is 1. The van der Waals surface area contributed by atoms with E-state index in [9.17, 15) is 4.79 Å². The van der Waals surface area contributed by atoms with E-state index in [4.69, 9.17) is 9.57 Å². The maximum Gasteiger partial charge on any atom is 0.352 e. The molecule has 1 aliphatic heterocycles. The van der Waals surface area contributed by atoms with Crippen molar-refractivity contribution in [2.45, 2.75) is 45.8 Å². The van der Waals surface area contributed by atoms with Gasteiger partial charge in [-0.15, -0.1) is 0 Å². The van der Waals surface area contributed by atoms with Crippen LogP contribution in [0.2, 0.25) is 0 Å². The van der Waals surface area contributed by atoms with Crippen LogP contribution in [-0.2, 0) is 4.74 Å². The van der Waals surface area contributed by atoms with E-state index in [1.807, 2.05) is 36.5 Å². The molecule has 31 heavy (non-hydrogen) atoms. The van der Waals surface area contributed by atoms with Gasteiger partial charge in [0, 0.05) is 24.7 Å². The summed E-state index contributed by atoms with van der Waals surface area (Å²) in [5.74, 6) is 0.580. The van der Waals surface area contributed by atoms with Gasteiger partial charge in [-0.2, -0.15) is 5.48 Å². The number of carbonyl (C=O) groups excluding carboxylic acids is 1. The lowest BCUT2D eigenvalue weighted by Gasteiger charge is -2.35. The minimum atomic E-state index is -0.263. The molecule has 1 aromatic heterocycles. The Morgan fingerprint density at radius 1 is 1.16 bits per heavy atom. The number of pyridine rings is 1. The summed E-state index contributed by atoms with van der Waals surface area (Å²) >= 11 is 0. The molecular weight excluding hydrogens is 390 g/mol. The van der Waals surface area contributed by atoms with E-state index >= 15 is 0 Å². The zero-order valence-corrected chi connectivity index (χ0v) is 18.1. The number of hydrogen-bond donors (Lipinski definition) is 1. The number of carbonyl (C=O) groups is 1. The Kier molecular flexibility index (Phi) is 6.67. The molecule has 0 aliphatic carbocycles. The van der Waals surface area contributed by atoms with Gasteiger partial charge in [0.25, 0.3) is 0 Å². The predicted octanol–water partition coefficient (Wildman–Crippen LogP) is 5.45. The maximum absolute atomic E-state index is 12.6. The summed E-state index contributed by atoms with van der Waals surface area (Å²) in [6.07, 6.45) is 5.49. The summed E-state index contributed by atoms with van der Waals surface area (Å²) in [6, 6.07) is 15.7. The fraction of sp³-hybridized carbons (Fsp3) is 0.360. The molecule has 0 saturated carbocycles. The molecule has 3 aromatic rings. The fourth-order valence-corrected chi connectivity index (χ4v) is 4.03. The first-order valence-electron chi connectivity index (χ1n) is 11.0. The summed E-state index contributed by atoms with van der Waals surface area (Å²) in [6.45, 7) is 5.49. The largest absolute Gasteiger partial charge is 0.378 e. The van der Waals surface area contributed by atoms with Crippen LogP contribution in [0.3, 0.4) is 0 Å². The van der Waals surface area contributed by atoms with Crippen molar-refractivity contribution in [3.63, 3.8) is 0 Å². The van der Waals surface area contributed by atoms with E-state index in [0.717, 1.165) is 53.3 Å². The van der Waals surface area contributed by atoms with Crippen LogP contribution in [0.25, 0.3) is 22.0 Å². The molecule has 1 N–H and O–H groups in total. The van der Waals surface area contributed by atoms with Crippen LogP contribution >= 0.6 is 0 Å². The number of benzene rings is 2. The highest BCUT2D eigenvalue weighted by Crippen LogP contribution is 2.29. The Hall–Kier alpha value is -3.12. The molecule has 6 nitrogen and oxygen atoms in total. The summed E-state index contributed by atoms with van der Waals surface area (Å²) in [4.78, 5) is 24.4. The molecule has 4 rings (SSSR count). The number of nitrogens with one attached hydrogen (secondary N) is 1. The van der Waals surface area contributed by atoms with Gasteiger partial charge in [-0.25, -0.2) is 4.79 Å². The average Bonchev–Trinajstić information content (AvgIpc) is 2.82. The van der Waals surface area contributed by atoms with Gasteiger partial charge in [-0.05, 0) is 67.5 Å². The number of piperidine rings is 1. The van der Waals surface area contributed by atoms with Crippen molar-refractivity contribution in [2.24, 2.45) is 0 Å². The van der Waals surface area contributed by atoms with Gasteiger partial charge in [0.1, 0.15) is 6.23 Å². The van der Waals surface area contributed by atoms with Crippen molar-refractivity contribution < 1.29 is 14.4 Å². The molecule has 1 aliphatic rings. The number of ether oxygens (including phenoxy) is 1. The maximum atomic E-state index is 12.6. The molecule has 0 spiro atoms. The molecule has 1 fully saturated rings. The Balaban J connectivity index is 1.41. The number of aromatic nitrogens is 1. The number of fused-ring (bicyclic) bond motifs is 1. The zero-order valence-electron chi connectivity index (χ0n) is 18.1. The number of nitrogens with zero attached hydrogens (tertiary/aromatic N) is 2. The van der Waals surface area contributed by atoms with Crippen molar-refractivity contribution in [2.75, 3.05) is 13.2 Å². The standard InChI is InChI=1S/C25H29N3O3/c1-3-17-30-23-8-4-5-16-28(23)25(29)27-31-21-12-9-19(10-13-21)22-14-11-20-7-6-15-26-24(20)18(22)2/h6-7,9-15,23H,3-5,8,16-17H2,1-2H3,(H,27,29). The van der Waals surface area contributed by atoms with Crippen LogP contribution in [0, 0.1) is 6.92 Å². The number of rotatable bonds is 6. The molecule has 2 amide bonds. The number of hydroxylamine groups is 1. The number of likely N-dealkylation sites (tertiary alicyclic amines) is 1. The highest BCUT2D eigenvalue weighted by Gasteiger charge is 2.27. The van der Waals surface area contributed by atoms with Gasteiger partial charge < -0.3 is 9.57 Å². The number of urea groups is 1. The Bertz CT molecular complexity index is 1040. The second kappa shape index (κ2) is 9.79. The monoisotopic (exact) mass is 419 g/mol. The van der Waals surface area contributed by atoms with Gasteiger partial charge in [0.15, 0.2) is 5.75 Å². The SMILES string of the molecule is CCCOC1CCCCN1C(=O)NOc1ccc(-c2ccc3cccnc3c2C)cc1. The Morgan fingerprint density at radius 2 is 2.00 bits per heavy atom. The third-order valence-corrected chi connectivity index (χ3v) is 5.67. The van der Waals surface area contributed by atoms with E-state index < -0.39 is 0 Å². The first-order valence-corrected chi connectivity index (χ1v) is 11.0. The summed E-state index contributed by atoms with van der Waals surface area (Å²) in [5.41, 5.74) is 6.92. The van der Waals surface area contributed by atoms with Crippen LogP contribution in [0.5, 0.6) is 5.75 Å². The van der Waals surface area contributed by atoms with Crippen LogP contribution < -0.4 is 10.3 Å². The predicted molar refractivity (Wildman–Crippen MR) is 122 cm³/mol.